The maximum Gasteiger partial charge on any atom is 0.122 e. The number of rotatable bonds is 2. The van der Waals surface area contributed by atoms with E-state index >= 15 is 0 Å². The van der Waals surface area contributed by atoms with Crippen molar-refractivity contribution in [2.45, 2.75) is 12.8 Å². The zero-order valence-electron chi connectivity index (χ0n) is 6.85. The highest BCUT2D eigenvalue weighted by atomic mass is 127. The fourth-order valence-electron chi connectivity index (χ4n) is 1.48. The van der Waals surface area contributed by atoms with E-state index in [0.717, 1.165) is 25.2 Å². The van der Waals surface area contributed by atoms with Crippen molar-refractivity contribution in [3.63, 3.8) is 0 Å². The second-order valence-corrected chi connectivity index (χ2v) is 4.06. The molecule has 1 nitrogen and oxygen atoms in total. The molecule has 0 N–H and O–H groups in total. The van der Waals surface area contributed by atoms with Crippen LogP contribution in [0.15, 0.2) is 18.2 Å². The Balaban J connectivity index is 2.26. The second-order valence-electron chi connectivity index (χ2n) is 2.98. The Bertz CT molecular complexity index is 283. The Morgan fingerprint density at radius 3 is 3.17 bits per heavy atom. The molecule has 1 aromatic rings. The Kier molecular flexibility index (Phi) is 2.54. The lowest BCUT2D eigenvalue weighted by atomic mass is 10.1. The van der Waals surface area contributed by atoms with Gasteiger partial charge in [0.15, 0.2) is 0 Å². The minimum atomic E-state index is 0.864. The lowest BCUT2D eigenvalue weighted by molar-refractivity contribution is 0.356. The van der Waals surface area contributed by atoms with Gasteiger partial charge in [-0.2, -0.15) is 0 Å². The highest BCUT2D eigenvalue weighted by Gasteiger charge is 2.11. The molecule has 0 fully saturated rings. The van der Waals surface area contributed by atoms with E-state index < -0.39 is 0 Å². The van der Waals surface area contributed by atoms with Crippen molar-refractivity contribution in [1.82, 2.24) is 0 Å². The van der Waals surface area contributed by atoms with Crippen molar-refractivity contribution in [2.75, 3.05) is 11.0 Å². The van der Waals surface area contributed by atoms with Crippen molar-refractivity contribution in [3.05, 3.63) is 29.3 Å². The van der Waals surface area contributed by atoms with Gasteiger partial charge in [0.2, 0.25) is 0 Å². The number of halogens is 1. The number of hydrogen-bond donors (Lipinski definition) is 0. The monoisotopic (exact) mass is 274 g/mol. The number of ether oxygens (including phenoxy) is 1. The summed E-state index contributed by atoms with van der Waals surface area (Å²) in [5.74, 6) is 1.11. The van der Waals surface area contributed by atoms with Gasteiger partial charge in [0.05, 0.1) is 6.61 Å². The van der Waals surface area contributed by atoms with Crippen LogP contribution in [0.3, 0.4) is 0 Å². The molecule has 1 heterocycles. The molecule has 1 aliphatic rings. The second kappa shape index (κ2) is 3.64. The molecule has 0 unspecified atom stereocenters. The largest absolute Gasteiger partial charge is 0.493 e. The molecule has 0 spiro atoms. The van der Waals surface area contributed by atoms with Crippen molar-refractivity contribution >= 4 is 22.6 Å². The third kappa shape index (κ3) is 1.58. The molecular weight excluding hydrogens is 263 g/mol. The van der Waals surface area contributed by atoms with Gasteiger partial charge in [0.25, 0.3) is 0 Å². The Morgan fingerprint density at radius 2 is 2.33 bits per heavy atom. The van der Waals surface area contributed by atoms with Gasteiger partial charge in [-0.05, 0) is 23.6 Å². The van der Waals surface area contributed by atoms with Crippen LogP contribution in [0, 0.1) is 0 Å². The highest BCUT2D eigenvalue weighted by molar-refractivity contribution is 14.1. The van der Waals surface area contributed by atoms with Crippen molar-refractivity contribution in [2.24, 2.45) is 0 Å². The van der Waals surface area contributed by atoms with Gasteiger partial charge in [0, 0.05) is 10.8 Å². The zero-order valence-corrected chi connectivity index (χ0v) is 9.00. The van der Waals surface area contributed by atoms with Gasteiger partial charge in [-0.3, -0.25) is 0 Å². The molecule has 0 amide bonds. The number of alkyl halides is 1. The molecule has 1 aliphatic heterocycles. The van der Waals surface area contributed by atoms with Gasteiger partial charge < -0.3 is 4.74 Å². The van der Waals surface area contributed by atoms with Crippen LogP contribution in [0.25, 0.3) is 0 Å². The summed E-state index contributed by atoms with van der Waals surface area (Å²) < 4.78 is 6.66. The summed E-state index contributed by atoms with van der Waals surface area (Å²) >= 11 is 2.40. The molecular formula is C10H11IO. The quantitative estimate of drug-likeness (QED) is 0.595. The van der Waals surface area contributed by atoms with Crippen LogP contribution < -0.4 is 4.74 Å². The Morgan fingerprint density at radius 1 is 1.42 bits per heavy atom. The normalized spacial score (nSPS) is 14.1. The van der Waals surface area contributed by atoms with E-state index in [1.807, 2.05) is 0 Å². The first kappa shape index (κ1) is 8.35. The molecule has 0 bridgehead atoms. The number of fused-ring (bicyclic) bond motifs is 1. The minimum absolute atomic E-state index is 0.864. The Labute approximate surface area is 86.3 Å². The summed E-state index contributed by atoms with van der Waals surface area (Å²) in [7, 11) is 0. The first-order valence-corrected chi connectivity index (χ1v) is 5.73. The van der Waals surface area contributed by atoms with Crippen LogP contribution in [0.2, 0.25) is 0 Å². The van der Waals surface area contributed by atoms with E-state index in [1.165, 1.54) is 15.6 Å². The molecule has 64 valence electrons. The molecule has 2 heteroatoms. The van der Waals surface area contributed by atoms with Gasteiger partial charge in [-0.1, -0.05) is 34.7 Å². The van der Waals surface area contributed by atoms with Gasteiger partial charge in [-0.15, -0.1) is 0 Å². The van der Waals surface area contributed by atoms with Crippen molar-refractivity contribution in [3.8, 4) is 5.75 Å². The predicted octanol–water partition coefficient (Wildman–Crippen LogP) is 2.60. The fourth-order valence-corrected chi connectivity index (χ4v) is 2.10. The van der Waals surface area contributed by atoms with E-state index in [4.69, 9.17) is 4.74 Å². The van der Waals surface area contributed by atoms with E-state index in [2.05, 4.69) is 40.8 Å². The van der Waals surface area contributed by atoms with Crippen LogP contribution in [0.1, 0.15) is 11.1 Å². The van der Waals surface area contributed by atoms with Crippen LogP contribution in [0.4, 0.5) is 0 Å². The number of hydrogen-bond acceptors (Lipinski definition) is 1. The van der Waals surface area contributed by atoms with Gasteiger partial charge in [0.1, 0.15) is 5.75 Å². The summed E-state index contributed by atoms with van der Waals surface area (Å²) in [4.78, 5) is 0. The standard InChI is InChI=1S/C10H11IO/c11-5-3-8-1-2-9-4-6-12-10(9)7-8/h1-2,7H,3-6H2. The van der Waals surface area contributed by atoms with E-state index in [1.54, 1.807) is 0 Å². The zero-order chi connectivity index (χ0) is 8.39. The van der Waals surface area contributed by atoms with Crippen LogP contribution in [-0.2, 0) is 12.8 Å². The summed E-state index contributed by atoms with van der Waals surface area (Å²) in [6.07, 6.45) is 2.23. The maximum absolute atomic E-state index is 5.48. The third-order valence-corrected chi connectivity index (χ3v) is 2.68. The SMILES string of the molecule is ICCc1ccc2c(c1)OCC2. The molecule has 12 heavy (non-hydrogen) atoms. The van der Waals surface area contributed by atoms with E-state index in [9.17, 15) is 0 Å². The molecule has 0 aliphatic carbocycles. The average molecular weight is 274 g/mol. The molecule has 2 rings (SSSR count). The molecule has 0 saturated heterocycles. The van der Waals surface area contributed by atoms with Gasteiger partial charge in [-0.25, -0.2) is 0 Å². The summed E-state index contributed by atoms with van der Waals surface area (Å²) in [6.45, 7) is 0.864. The van der Waals surface area contributed by atoms with Crippen molar-refractivity contribution < 1.29 is 4.74 Å². The summed E-state index contributed by atoms with van der Waals surface area (Å²) in [6, 6.07) is 6.59. The lowest BCUT2D eigenvalue weighted by Crippen LogP contribution is -1.88. The van der Waals surface area contributed by atoms with E-state index in [0.29, 0.717) is 0 Å². The molecule has 0 atom stereocenters. The summed E-state index contributed by atoms with van der Waals surface area (Å²) in [5.41, 5.74) is 2.76. The van der Waals surface area contributed by atoms with Crippen molar-refractivity contribution in [1.29, 1.82) is 0 Å². The average Bonchev–Trinajstić information content (AvgIpc) is 2.51. The smallest absolute Gasteiger partial charge is 0.122 e. The fraction of sp³-hybridized carbons (Fsp3) is 0.400. The number of benzene rings is 1. The maximum atomic E-state index is 5.48. The number of aryl methyl sites for hydroxylation is 1. The summed E-state index contributed by atoms with van der Waals surface area (Å²) in [5, 5.41) is 0. The Hall–Kier alpha value is -0.250. The molecule has 1 aromatic carbocycles. The first-order valence-electron chi connectivity index (χ1n) is 4.21. The highest BCUT2D eigenvalue weighted by Crippen LogP contribution is 2.26. The lowest BCUT2D eigenvalue weighted by Gasteiger charge is -2.01. The topological polar surface area (TPSA) is 9.23 Å². The van der Waals surface area contributed by atoms with E-state index in [-0.39, 0.29) is 0 Å². The molecule has 0 aromatic heterocycles. The predicted molar refractivity (Wildman–Crippen MR) is 58.2 cm³/mol. The van der Waals surface area contributed by atoms with Crippen LogP contribution in [-0.4, -0.2) is 11.0 Å². The van der Waals surface area contributed by atoms with Crippen LogP contribution in [0.5, 0.6) is 5.75 Å². The molecule has 0 saturated carbocycles. The minimum Gasteiger partial charge on any atom is -0.493 e. The first-order chi connectivity index (χ1) is 5.90. The van der Waals surface area contributed by atoms with Crippen LogP contribution >= 0.6 is 22.6 Å². The molecule has 0 radical (unpaired) electrons. The third-order valence-electron chi connectivity index (χ3n) is 2.14. The van der Waals surface area contributed by atoms with Gasteiger partial charge >= 0.3 is 0 Å².